The third-order valence-corrected chi connectivity index (χ3v) is 3.69. The normalized spacial score (nSPS) is 10.1. The summed E-state index contributed by atoms with van der Waals surface area (Å²) in [6.07, 6.45) is 2.23. The molecular weight excluding hydrogens is 342 g/mol. The molecule has 0 aliphatic carbocycles. The summed E-state index contributed by atoms with van der Waals surface area (Å²) in [4.78, 5) is 23.8. The van der Waals surface area contributed by atoms with Gasteiger partial charge < -0.3 is 20.7 Å². The Bertz CT molecular complexity index is 745. The van der Waals surface area contributed by atoms with E-state index in [-0.39, 0.29) is 18.4 Å². The van der Waals surface area contributed by atoms with Crippen molar-refractivity contribution in [2.24, 2.45) is 0 Å². The molecule has 0 heterocycles. The monoisotopic (exact) mass is 369 g/mol. The highest BCUT2D eigenvalue weighted by molar-refractivity contribution is 5.95. The molecule has 27 heavy (non-hydrogen) atoms. The van der Waals surface area contributed by atoms with E-state index in [1.165, 1.54) is 0 Å². The molecule has 3 N–H and O–H groups in total. The molecule has 6 heteroatoms. The zero-order chi connectivity index (χ0) is 19.5. The van der Waals surface area contributed by atoms with Gasteiger partial charge in [-0.15, -0.1) is 0 Å². The Morgan fingerprint density at radius 2 is 1.52 bits per heavy atom. The maximum absolute atomic E-state index is 12.1. The Kier molecular flexibility index (Phi) is 8.16. The molecule has 2 aromatic rings. The van der Waals surface area contributed by atoms with Gasteiger partial charge in [0, 0.05) is 23.5 Å². The van der Waals surface area contributed by atoms with Gasteiger partial charge >= 0.3 is 0 Å². The van der Waals surface area contributed by atoms with Crippen LogP contribution in [0.4, 0.5) is 17.1 Å². The SMILES string of the molecule is CCCOc1ccc(NCC(=O)Nc2cccc(NC(=O)CCC)c2)cc1. The average Bonchev–Trinajstić information content (AvgIpc) is 2.66. The van der Waals surface area contributed by atoms with Gasteiger partial charge in [-0.3, -0.25) is 9.59 Å². The molecule has 0 spiro atoms. The maximum Gasteiger partial charge on any atom is 0.243 e. The molecule has 0 unspecified atom stereocenters. The lowest BCUT2D eigenvalue weighted by atomic mass is 10.2. The first-order valence-corrected chi connectivity index (χ1v) is 9.27. The predicted octanol–water partition coefficient (Wildman–Crippen LogP) is 4.26. The van der Waals surface area contributed by atoms with Gasteiger partial charge in [0.2, 0.25) is 11.8 Å². The molecule has 0 saturated carbocycles. The quantitative estimate of drug-likeness (QED) is 0.584. The van der Waals surface area contributed by atoms with Gasteiger partial charge in [-0.2, -0.15) is 0 Å². The molecule has 0 aliphatic rings. The lowest BCUT2D eigenvalue weighted by molar-refractivity contribution is -0.116. The molecule has 0 atom stereocenters. The van der Waals surface area contributed by atoms with Crippen molar-refractivity contribution in [1.82, 2.24) is 0 Å². The lowest BCUT2D eigenvalue weighted by Crippen LogP contribution is -2.21. The number of carbonyl (C=O) groups excluding carboxylic acids is 2. The Morgan fingerprint density at radius 1 is 0.852 bits per heavy atom. The second-order valence-electron chi connectivity index (χ2n) is 6.15. The fraction of sp³-hybridized carbons (Fsp3) is 0.333. The Morgan fingerprint density at radius 3 is 2.15 bits per heavy atom. The molecule has 2 rings (SSSR count). The number of hydrogen-bond acceptors (Lipinski definition) is 4. The molecule has 144 valence electrons. The summed E-state index contributed by atoms with van der Waals surface area (Å²) in [6.45, 7) is 4.84. The maximum atomic E-state index is 12.1. The van der Waals surface area contributed by atoms with Gasteiger partial charge in [-0.1, -0.05) is 19.9 Å². The third-order valence-electron chi connectivity index (χ3n) is 3.69. The first-order chi connectivity index (χ1) is 13.1. The molecule has 2 aromatic carbocycles. The molecule has 2 amide bonds. The van der Waals surface area contributed by atoms with Crippen LogP contribution in [0, 0.1) is 0 Å². The van der Waals surface area contributed by atoms with Crippen molar-refractivity contribution >= 4 is 28.9 Å². The Hall–Kier alpha value is -3.02. The number of anilines is 3. The van der Waals surface area contributed by atoms with Crippen LogP contribution in [0.1, 0.15) is 33.1 Å². The van der Waals surface area contributed by atoms with Crippen LogP contribution in [0.2, 0.25) is 0 Å². The van der Waals surface area contributed by atoms with Crippen LogP contribution >= 0.6 is 0 Å². The van der Waals surface area contributed by atoms with Crippen molar-refractivity contribution in [3.8, 4) is 5.75 Å². The van der Waals surface area contributed by atoms with Crippen molar-refractivity contribution in [1.29, 1.82) is 0 Å². The van der Waals surface area contributed by atoms with Gasteiger partial charge in [0.1, 0.15) is 5.75 Å². The first kappa shape index (κ1) is 20.3. The summed E-state index contributed by atoms with van der Waals surface area (Å²) < 4.78 is 5.53. The minimum absolute atomic E-state index is 0.0333. The van der Waals surface area contributed by atoms with Crippen LogP contribution < -0.4 is 20.7 Å². The molecular formula is C21H27N3O3. The second-order valence-corrected chi connectivity index (χ2v) is 6.15. The molecule has 0 radical (unpaired) electrons. The molecule has 0 bridgehead atoms. The topological polar surface area (TPSA) is 79.5 Å². The smallest absolute Gasteiger partial charge is 0.243 e. The molecule has 0 aliphatic heterocycles. The van der Waals surface area contributed by atoms with Gasteiger partial charge in [-0.25, -0.2) is 0 Å². The van der Waals surface area contributed by atoms with Crippen LogP contribution in [-0.2, 0) is 9.59 Å². The van der Waals surface area contributed by atoms with Crippen molar-refractivity contribution in [2.45, 2.75) is 33.1 Å². The van der Waals surface area contributed by atoms with Crippen LogP contribution in [0.3, 0.4) is 0 Å². The van der Waals surface area contributed by atoms with E-state index >= 15 is 0 Å². The standard InChI is InChI=1S/C21H27N3O3/c1-3-6-20(25)23-17-7-5-8-18(14-17)24-21(26)15-22-16-9-11-19(12-10-16)27-13-4-2/h5,7-12,14,22H,3-4,6,13,15H2,1-2H3,(H,23,25)(H,24,26). The molecule has 0 fully saturated rings. The van der Waals surface area contributed by atoms with Crippen molar-refractivity contribution < 1.29 is 14.3 Å². The van der Waals surface area contributed by atoms with Crippen LogP contribution in [0.25, 0.3) is 0 Å². The summed E-state index contributed by atoms with van der Waals surface area (Å²) >= 11 is 0. The highest BCUT2D eigenvalue weighted by atomic mass is 16.5. The van der Waals surface area contributed by atoms with Crippen LogP contribution in [-0.4, -0.2) is 25.0 Å². The van der Waals surface area contributed by atoms with E-state index in [0.717, 1.165) is 24.3 Å². The largest absolute Gasteiger partial charge is 0.494 e. The van der Waals surface area contributed by atoms with Gasteiger partial charge in [0.05, 0.1) is 13.2 Å². The van der Waals surface area contributed by atoms with E-state index < -0.39 is 0 Å². The van der Waals surface area contributed by atoms with Crippen LogP contribution in [0.5, 0.6) is 5.75 Å². The number of hydrogen-bond donors (Lipinski definition) is 3. The number of amides is 2. The highest BCUT2D eigenvalue weighted by Crippen LogP contribution is 2.17. The summed E-state index contributed by atoms with van der Waals surface area (Å²) in [5.41, 5.74) is 2.15. The van der Waals surface area contributed by atoms with E-state index in [1.54, 1.807) is 24.3 Å². The second kappa shape index (κ2) is 10.9. The van der Waals surface area contributed by atoms with Crippen LogP contribution in [0.15, 0.2) is 48.5 Å². The predicted molar refractivity (Wildman–Crippen MR) is 109 cm³/mol. The number of benzene rings is 2. The minimum Gasteiger partial charge on any atom is -0.494 e. The Labute approximate surface area is 160 Å². The highest BCUT2D eigenvalue weighted by Gasteiger charge is 2.05. The Balaban J connectivity index is 1.82. The number of carbonyl (C=O) groups is 2. The number of rotatable bonds is 10. The zero-order valence-corrected chi connectivity index (χ0v) is 15.9. The van der Waals surface area contributed by atoms with Gasteiger partial charge in [0.15, 0.2) is 0 Å². The fourth-order valence-electron chi connectivity index (χ4n) is 2.40. The summed E-state index contributed by atoms with van der Waals surface area (Å²) in [6, 6.07) is 14.6. The third kappa shape index (κ3) is 7.40. The van der Waals surface area contributed by atoms with Crippen molar-refractivity contribution in [3.63, 3.8) is 0 Å². The summed E-state index contributed by atoms with van der Waals surface area (Å²) in [7, 11) is 0. The summed E-state index contributed by atoms with van der Waals surface area (Å²) in [5, 5.41) is 8.71. The van der Waals surface area contributed by atoms with E-state index in [4.69, 9.17) is 4.74 Å². The van der Waals surface area contributed by atoms with E-state index in [1.807, 2.05) is 31.2 Å². The van der Waals surface area contributed by atoms with E-state index in [0.29, 0.717) is 24.4 Å². The molecule has 0 saturated heterocycles. The van der Waals surface area contributed by atoms with E-state index in [2.05, 4.69) is 22.9 Å². The molecule has 6 nitrogen and oxygen atoms in total. The number of ether oxygens (including phenoxy) is 1. The van der Waals surface area contributed by atoms with Gasteiger partial charge in [-0.05, 0) is 55.3 Å². The fourth-order valence-corrected chi connectivity index (χ4v) is 2.40. The summed E-state index contributed by atoms with van der Waals surface area (Å²) in [5.74, 6) is 0.612. The minimum atomic E-state index is -0.168. The van der Waals surface area contributed by atoms with Gasteiger partial charge in [0.25, 0.3) is 0 Å². The first-order valence-electron chi connectivity index (χ1n) is 9.27. The number of nitrogens with one attached hydrogen (secondary N) is 3. The molecule has 0 aromatic heterocycles. The lowest BCUT2D eigenvalue weighted by Gasteiger charge is -2.10. The van der Waals surface area contributed by atoms with E-state index in [9.17, 15) is 9.59 Å². The average molecular weight is 369 g/mol. The zero-order valence-electron chi connectivity index (χ0n) is 15.9. The van der Waals surface area contributed by atoms with Crippen molar-refractivity contribution in [3.05, 3.63) is 48.5 Å². The van der Waals surface area contributed by atoms with Crippen molar-refractivity contribution in [2.75, 3.05) is 29.1 Å².